The number of amides is 4. The Kier molecular flexibility index (Phi) is 14.1. The molecule has 0 unspecified atom stereocenters. The molecule has 2 heterocycles. The molecular formula is C30H32Cl2N2O8S2. The average Bonchev–Trinajstić information content (AvgIpc) is 3.45. The third-order valence-electron chi connectivity index (χ3n) is 5.43. The van der Waals surface area contributed by atoms with Crippen LogP contribution in [0.15, 0.2) is 46.2 Å². The lowest BCUT2D eigenvalue weighted by Gasteiger charge is -2.11. The molecule has 44 heavy (non-hydrogen) atoms. The van der Waals surface area contributed by atoms with Crippen molar-refractivity contribution in [1.29, 1.82) is 0 Å². The number of carbonyl (C=O) groups excluding carboxylic acids is 4. The number of ether oxygens (including phenoxy) is 4. The minimum Gasteiger partial charge on any atom is -0.490 e. The van der Waals surface area contributed by atoms with Gasteiger partial charge in [0.25, 0.3) is 22.3 Å². The standard InChI is InChI=1S/2C15H16ClNO4S/c2*1-9(2)20-6-7-21-11-5-3-4-10(13(11)16)8-12-14(18)17-15(19)22-12/h2*3-5,8-9H,6-7H2,1-2H3,(H,17,18,19). The van der Waals surface area contributed by atoms with Crippen LogP contribution in [0.25, 0.3) is 12.2 Å². The lowest BCUT2D eigenvalue weighted by molar-refractivity contribution is -0.116. The highest BCUT2D eigenvalue weighted by atomic mass is 35.5. The molecule has 10 nitrogen and oxygen atoms in total. The van der Waals surface area contributed by atoms with Gasteiger partial charge in [-0.3, -0.25) is 29.8 Å². The fraction of sp³-hybridized carbons (Fsp3) is 0.333. The van der Waals surface area contributed by atoms with Crippen LogP contribution < -0.4 is 20.1 Å². The van der Waals surface area contributed by atoms with Gasteiger partial charge < -0.3 is 18.9 Å². The van der Waals surface area contributed by atoms with Gasteiger partial charge in [-0.25, -0.2) is 0 Å². The van der Waals surface area contributed by atoms with Crippen molar-refractivity contribution in [3.63, 3.8) is 0 Å². The largest absolute Gasteiger partial charge is 0.490 e. The Morgan fingerprint density at radius 3 is 1.36 bits per heavy atom. The van der Waals surface area contributed by atoms with E-state index in [0.29, 0.717) is 68.9 Å². The van der Waals surface area contributed by atoms with Crippen LogP contribution in [0, 0.1) is 0 Å². The van der Waals surface area contributed by atoms with Crippen LogP contribution >= 0.6 is 46.7 Å². The third kappa shape index (κ3) is 11.2. The summed E-state index contributed by atoms with van der Waals surface area (Å²) < 4.78 is 21.9. The molecule has 2 fully saturated rings. The molecular weight excluding hydrogens is 651 g/mol. The molecule has 2 saturated heterocycles. The second kappa shape index (κ2) is 17.5. The fourth-order valence-electron chi connectivity index (χ4n) is 3.50. The number of carbonyl (C=O) groups is 4. The van der Waals surface area contributed by atoms with Gasteiger partial charge in [0.1, 0.15) is 24.7 Å². The van der Waals surface area contributed by atoms with Crippen molar-refractivity contribution < 1.29 is 38.1 Å². The summed E-state index contributed by atoms with van der Waals surface area (Å²) in [5.74, 6) is 0.196. The normalized spacial score (nSPS) is 16.5. The lowest BCUT2D eigenvalue weighted by atomic mass is 10.2. The highest BCUT2D eigenvalue weighted by molar-refractivity contribution is 8.18. The van der Waals surface area contributed by atoms with Crippen LogP contribution in [-0.2, 0) is 19.1 Å². The summed E-state index contributed by atoms with van der Waals surface area (Å²) in [6, 6.07) is 10.5. The Morgan fingerprint density at radius 1 is 0.659 bits per heavy atom. The Hall–Kier alpha value is -3.00. The van der Waals surface area contributed by atoms with Crippen molar-refractivity contribution >= 4 is 81.2 Å². The molecule has 0 saturated carbocycles. The Labute approximate surface area is 274 Å². The zero-order chi connectivity index (χ0) is 32.2. The number of rotatable bonds is 12. The minimum atomic E-state index is -0.414. The van der Waals surface area contributed by atoms with Crippen molar-refractivity contribution in [3.8, 4) is 11.5 Å². The van der Waals surface area contributed by atoms with Crippen LogP contribution in [0.5, 0.6) is 11.5 Å². The first kappa shape index (κ1) is 35.5. The second-order valence-corrected chi connectivity index (χ2v) is 12.3. The molecule has 2 aromatic rings. The van der Waals surface area contributed by atoms with E-state index in [4.69, 9.17) is 42.1 Å². The number of hydrogen-bond donors (Lipinski definition) is 2. The molecule has 2 N–H and O–H groups in total. The molecule has 0 radical (unpaired) electrons. The molecule has 0 spiro atoms. The third-order valence-corrected chi connectivity index (χ3v) is 7.86. The summed E-state index contributed by atoms with van der Waals surface area (Å²) in [6.45, 7) is 9.49. The fourth-order valence-corrected chi connectivity index (χ4v) is 5.31. The SMILES string of the molecule is CC(C)OCCOc1cccc(C=C2SC(=O)NC2=O)c1Cl.CC(C)OCCOc1cccc(C=C2SC(=O)NC2=O)c1Cl. The average molecular weight is 684 g/mol. The Bertz CT molecular complexity index is 1340. The number of hydrogen-bond acceptors (Lipinski definition) is 10. The second-order valence-electron chi connectivity index (χ2n) is 9.56. The number of benzene rings is 2. The van der Waals surface area contributed by atoms with Crippen LogP contribution in [0.1, 0.15) is 38.8 Å². The van der Waals surface area contributed by atoms with Crippen molar-refractivity contribution in [2.24, 2.45) is 0 Å². The van der Waals surface area contributed by atoms with Crippen LogP contribution in [0.2, 0.25) is 10.0 Å². The summed E-state index contributed by atoms with van der Waals surface area (Å²) in [5, 5.41) is 4.42. The van der Waals surface area contributed by atoms with E-state index < -0.39 is 11.8 Å². The summed E-state index contributed by atoms with van der Waals surface area (Å²) in [7, 11) is 0. The summed E-state index contributed by atoms with van der Waals surface area (Å²) in [4.78, 5) is 46.0. The monoisotopic (exact) mass is 682 g/mol. The maximum absolute atomic E-state index is 11.5. The van der Waals surface area contributed by atoms with E-state index in [2.05, 4.69) is 10.6 Å². The van der Waals surface area contributed by atoms with Gasteiger partial charge in [0.15, 0.2) is 0 Å². The van der Waals surface area contributed by atoms with E-state index >= 15 is 0 Å². The number of nitrogens with one attached hydrogen (secondary N) is 2. The van der Waals surface area contributed by atoms with Gasteiger partial charge in [0.2, 0.25) is 0 Å². The molecule has 2 aromatic carbocycles. The molecule has 14 heteroatoms. The summed E-state index contributed by atoms with van der Waals surface area (Å²) in [5.41, 5.74) is 1.24. The van der Waals surface area contributed by atoms with Gasteiger partial charge in [-0.05, 0) is 86.6 Å². The molecule has 2 aliphatic heterocycles. The maximum Gasteiger partial charge on any atom is 0.290 e. The smallest absolute Gasteiger partial charge is 0.290 e. The maximum atomic E-state index is 11.5. The number of imide groups is 2. The van der Waals surface area contributed by atoms with E-state index in [-0.39, 0.29) is 22.7 Å². The van der Waals surface area contributed by atoms with Gasteiger partial charge in [-0.1, -0.05) is 47.5 Å². The predicted octanol–water partition coefficient (Wildman–Crippen LogP) is 6.94. The van der Waals surface area contributed by atoms with Gasteiger partial charge in [0, 0.05) is 0 Å². The molecule has 0 atom stereocenters. The van der Waals surface area contributed by atoms with Crippen molar-refractivity contribution in [1.82, 2.24) is 10.6 Å². The van der Waals surface area contributed by atoms with Crippen LogP contribution in [-0.4, -0.2) is 60.9 Å². The van der Waals surface area contributed by atoms with E-state index in [1.54, 1.807) is 48.6 Å². The molecule has 4 amide bonds. The molecule has 2 aliphatic rings. The molecule has 0 aromatic heterocycles. The quantitative estimate of drug-likeness (QED) is 0.179. The summed E-state index contributed by atoms with van der Waals surface area (Å²) >= 11 is 14.3. The summed E-state index contributed by atoms with van der Waals surface area (Å²) in [6.07, 6.45) is 3.44. The molecule has 0 aliphatic carbocycles. The topological polar surface area (TPSA) is 129 Å². The number of halogens is 2. The number of thioether (sulfide) groups is 2. The van der Waals surface area contributed by atoms with Crippen LogP contribution in [0.4, 0.5) is 9.59 Å². The Balaban J connectivity index is 0.000000240. The predicted molar refractivity (Wildman–Crippen MR) is 174 cm³/mol. The van der Waals surface area contributed by atoms with E-state index in [0.717, 1.165) is 23.5 Å². The van der Waals surface area contributed by atoms with Gasteiger partial charge in [0.05, 0.1) is 45.3 Å². The van der Waals surface area contributed by atoms with Crippen LogP contribution in [0.3, 0.4) is 0 Å². The van der Waals surface area contributed by atoms with E-state index in [1.165, 1.54) is 0 Å². The van der Waals surface area contributed by atoms with Gasteiger partial charge >= 0.3 is 0 Å². The zero-order valence-electron chi connectivity index (χ0n) is 24.4. The van der Waals surface area contributed by atoms with Gasteiger partial charge in [-0.15, -0.1) is 0 Å². The molecule has 0 bridgehead atoms. The van der Waals surface area contributed by atoms with Gasteiger partial charge in [-0.2, -0.15) is 0 Å². The minimum absolute atomic E-state index is 0.144. The van der Waals surface area contributed by atoms with E-state index in [9.17, 15) is 19.2 Å². The zero-order valence-corrected chi connectivity index (χ0v) is 27.6. The molecule has 236 valence electrons. The molecule has 4 rings (SSSR count). The first-order chi connectivity index (χ1) is 20.9. The highest BCUT2D eigenvalue weighted by Crippen LogP contribution is 2.34. The highest BCUT2D eigenvalue weighted by Gasteiger charge is 2.26. The Morgan fingerprint density at radius 2 is 1.05 bits per heavy atom. The van der Waals surface area contributed by atoms with E-state index in [1.807, 2.05) is 27.7 Å². The van der Waals surface area contributed by atoms with Crippen molar-refractivity contribution in [2.45, 2.75) is 39.9 Å². The lowest BCUT2D eigenvalue weighted by Crippen LogP contribution is -2.17. The van der Waals surface area contributed by atoms with Crippen molar-refractivity contribution in [3.05, 3.63) is 67.4 Å². The van der Waals surface area contributed by atoms with Crippen molar-refractivity contribution in [2.75, 3.05) is 26.4 Å². The first-order valence-electron chi connectivity index (χ1n) is 13.5. The first-order valence-corrected chi connectivity index (χ1v) is 15.9.